The third kappa shape index (κ3) is 4.97. The van der Waals surface area contributed by atoms with Gasteiger partial charge in [-0.2, -0.15) is 0 Å². The molecule has 3 rings (SSSR count). The van der Waals surface area contributed by atoms with Gasteiger partial charge in [-0.1, -0.05) is 41.0 Å². The number of H-pyrrole nitrogens is 1. The van der Waals surface area contributed by atoms with Crippen LogP contribution in [0.25, 0.3) is 11.4 Å². The van der Waals surface area contributed by atoms with Crippen molar-refractivity contribution in [3.05, 3.63) is 62.6 Å². The second-order valence-electron chi connectivity index (χ2n) is 5.24. The molecule has 0 aliphatic heterocycles. The molecule has 1 amide bonds. The van der Waals surface area contributed by atoms with E-state index in [2.05, 4.69) is 20.5 Å². The van der Waals surface area contributed by atoms with Gasteiger partial charge in [0.05, 0.1) is 15.7 Å². The van der Waals surface area contributed by atoms with Crippen LogP contribution in [-0.4, -0.2) is 31.8 Å². The molecule has 0 aliphatic rings. The Kier molecular flexibility index (Phi) is 5.94. The fraction of sp³-hybridized carbons (Fsp3) is 0.0625. The Labute approximate surface area is 167 Å². The number of aromatic nitrogens is 3. The molecule has 8 nitrogen and oxygen atoms in total. The molecule has 0 fully saturated rings. The molecule has 1 aromatic heterocycles. The molecule has 138 valence electrons. The number of amides is 1. The molecule has 0 unspecified atom stereocenters. The molecular weight excluding hydrogens is 413 g/mol. The number of nitrogens with one attached hydrogen (secondary N) is 2. The van der Waals surface area contributed by atoms with Crippen LogP contribution in [0.15, 0.2) is 47.6 Å². The molecule has 11 heteroatoms. The first-order valence-electron chi connectivity index (χ1n) is 7.47. The number of aromatic amines is 1. The predicted octanol–water partition coefficient (Wildman–Crippen LogP) is 4.42. The number of nitrogens with zero attached hydrogens (tertiary/aromatic N) is 3. The molecule has 0 aliphatic carbocycles. The van der Waals surface area contributed by atoms with Gasteiger partial charge in [0.15, 0.2) is 5.82 Å². The van der Waals surface area contributed by atoms with E-state index < -0.39 is 4.92 Å². The number of thioether (sulfide) groups is 1. The Balaban J connectivity index is 1.60. The van der Waals surface area contributed by atoms with Crippen LogP contribution >= 0.6 is 35.0 Å². The summed E-state index contributed by atoms with van der Waals surface area (Å²) in [5.41, 5.74) is 0.888. The minimum absolute atomic E-state index is 0.0360. The maximum atomic E-state index is 12.0. The van der Waals surface area contributed by atoms with Crippen molar-refractivity contribution in [1.82, 2.24) is 15.2 Å². The summed E-state index contributed by atoms with van der Waals surface area (Å²) in [6.45, 7) is 0. The number of hydrogen-bond donors (Lipinski definition) is 2. The Morgan fingerprint density at radius 3 is 2.81 bits per heavy atom. The third-order valence-electron chi connectivity index (χ3n) is 3.32. The van der Waals surface area contributed by atoms with Crippen molar-refractivity contribution in [2.75, 3.05) is 11.1 Å². The average molecular weight is 424 g/mol. The van der Waals surface area contributed by atoms with E-state index >= 15 is 0 Å². The van der Waals surface area contributed by atoms with Crippen LogP contribution in [0.4, 0.5) is 11.4 Å². The number of hydrogen-bond acceptors (Lipinski definition) is 6. The van der Waals surface area contributed by atoms with E-state index in [-0.39, 0.29) is 17.3 Å². The predicted molar refractivity (Wildman–Crippen MR) is 104 cm³/mol. The van der Waals surface area contributed by atoms with Gasteiger partial charge in [-0.05, 0) is 24.3 Å². The monoisotopic (exact) mass is 423 g/mol. The third-order valence-corrected chi connectivity index (χ3v) is 4.72. The zero-order valence-electron chi connectivity index (χ0n) is 13.5. The highest BCUT2D eigenvalue weighted by atomic mass is 35.5. The molecule has 0 atom stereocenters. The summed E-state index contributed by atoms with van der Waals surface area (Å²) in [6, 6.07) is 10.7. The first-order chi connectivity index (χ1) is 12.9. The van der Waals surface area contributed by atoms with Crippen molar-refractivity contribution in [2.45, 2.75) is 5.16 Å². The maximum Gasteiger partial charge on any atom is 0.271 e. The van der Waals surface area contributed by atoms with Gasteiger partial charge >= 0.3 is 0 Å². The van der Waals surface area contributed by atoms with E-state index in [9.17, 15) is 14.9 Å². The summed E-state index contributed by atoms with van der Waals surface area (Å²) in [6.07, 6.45) is 0. The molecule has 2 aromatic carbocycles. The van der Waals surface area contributed by atoms with Gasteiger partial charge in [0.2, 0.25) is 11.1 Å². The summed E-state index contributed by atoms with van der Waals surface area (Å²) < 4.78 is 0. The maximum absolute atomic E-state index is 12.0. The summed E-state index contributed by atoms with van der Waals surface area (Å²) in [4.78, 5) is 26.6. The molecule has 0 saturated heterocycles. The fourth-order valence-electron chi connectivity index (χ4n) is 2.14. The van der Waals surface area contributed by atoms with Gasteiger partial charge in [0.1, 0.15) is 0 Å². The van der Waals surface area contributed by atoms with Crippen molar-refractivity contribution in [3.63, 3.8) is 0 Å². The second kappa shape index (κ2) is 8.38. The Bertz CT molecular complexity index is 1010. The van der Waals surface area contributed by atoms with Gasteiger partial charge in [0.25, 0.3) is 5.69 Å². The standard InChI is InChI=1S/C16H11Cl2N5O3S/c17-9-4-5-12(13(18)6-9)15-20-16(22-21-15)27-8-14(24)19-10-2-1-3-11(7-10)23(25)26/h1-7H,8H2,(H,19,24)(H,20,21,22). The lowest BCUT2D eigenvalue weighted by molar-refractivity contribution is -0.384. The average Bonchev–Trinajstić information content (AvgIpc) is 3.09. The Hall–Kier alpha value is -2.62. The smallest absolute Gasteiger partial charge is 0.271 e. The number of carbonyl (C=O) groups is 1. The number of halogens is 2. The molecule has 0 spiro atoms. The number of anilines is 1. The Morgan fingerprint density at radius 1 is 1.26 bits per heavy atom. The highest BCUT2D eigenvalue weighted by Gasteiger charge is 2.13. The van der Waals surface area contributed by atoms with E-state index in [1.165, 1.54) is 18.2 Å². The number of carbonyl (C=O) groups excluding carboxylic acids is 1. The summed E-state index contributed by atoms with van der Waals surface area (Å²) in [7, 11) is 0. The molecule has 27 heavy (non-hydrogen) atoms. The van der Waals surface area contributed by atoms with E-state index in [4.69, 9.17) is 23.2 Å². The lowest BCUT2D eigenvalue weighted by Crippen LogP contribution is -2.14. The first-order valence-corrected chi connectivity index (χ1v) is 9.21. The molecule has 3 aromatic rings. The minimum Gasteiger partial charge on any atom is -0.325 e. The minimum atomic E-state index is -0.526. The summed E-state index contributed by atoms with van der Waals surface area (Å²) >= 11 is 13.1. The van der Waals surface area contributed by atoms with E-state index in [0.29, 0.717) is 32.3 Å². The number of rotatable bonds is 6. The lowest BCUT2D eigenvalue weighted by Gasteiger charge is -2.03. The van der Waals surface area contributed by atoms with Crippen molar-refractivity contribution in [3.8, 4) is 11.4 Å². The SMILES string of the molecule is O=C(CSc1n[nH]c(-c2ccc(Cl)cc2Cl)n1)Nc1cccc([N+](=O)[O-])c1. The van der Waals surface area contributed by atoms with E-state index in [1.54, 1.807) is 24.3 Å². The van der Waals surface area contributed by atoms with Gasteiger partial charge in [0, 0.05) is 28.4 Å². The van der Waals surface area contributed by atoms with Crippen LogP contribution in [0, 0.1) is 10.1 Å². The summed E-state index contributed by atoms with van der Waals surface area (Å²) in [5.74, 6) is 0.156. The fourth-order valence-corrected chi connectivity index (χ4v) is 3.23. The van der Waals surface area contributed by atoms with Crippen LogP contribution in [-0.2, 0) is 4.79 Å². The second-order valence-corrected chi connectivity index (χ2v) is 7.02. The van der Waals surface area contributed by atoms with E-state index in [1.807, 2.05) is 0 Å². The number of nitro groups is 1. The van der Waals surface area contributed by atoms with Crippen molar-refractivity contribution in [2.24, 2.45) is 0 Å². The zero-order valence-corrected chi connectivity index (χ0v) is 15.8. The highest BCUT2D eigenvalue weighted by molar-refractivity contribution is 7.99. The molecule has 0 saturated carbocycles. The molecule has 1 heterocycles. The van der Waals surface area contributed by atoms with Gasteiger partial charge in [-0.15, -0.1) is 5.10 Å². The van der Waals surface area contributed by atoms with Crippen molar-refractivity contribution in [1.29, 1.82) is 0 Å². The molecule has 0 radical (unpaired) electrons. The quantitative estimate of drug-likeness (QED) is 0.344. The first kappa shape index (κ1) is 19.2. The van der Waals surface area contributed by atoms with Crippen molar-refractivity contribution < 1.29 is 9.72 Å². The Morgan fingerprint density at radius 2 is 2.07 bits per heavy atom. The summed E-state index contributed by atoms with van der Waals surface area (Å²) in [5, 5.41) is 21.5. The molecular formula is C16H11Cl2N5O3S. The van der Waals surface area contributed by atoms with Gasteiger partial charge in [-0.25, -0.2) is 4.98 Å². The van der Waals surface area contributed by atoms with Crippen molar-refractivity contribution >= 4 is 52.2 Å². The molecule has 2 N–H and O–H groups in total. The van der Waals surface area contributed by atoms with E-state index in [0.717, 1.165) is 11.8 Å². The van der Waals surface area contributed by atoms with Crippen LogP contribution in [0.5, 0.6) is 0 Å². The number of non-ortho nitro benzene ring substituents is 1. The van der Waals surface area contributed by atoms with Crippen LogP contribution < -0.4 is 5.32 Å². The van der Waals surface area contributed by atoms with Gasteiger partial charge in [-0.3, -0.25) is 20.0 Å². The molecule has 0 bridgehead atoms. The van der Waals surface area contributed by atoms with Crippen LogP contribution in [0.2, 0.25) is 10.0 Å². The normalized spacial score (nSPS) is 10.6. The largest absolute Gasteiger partial charge is 0.325 e. The van der Waals surface area contributed by atoms with Crippen LogP contribution in [0.3, 0.4) is 0 Å². The highest BCUT2D eigenvalue weighted by Crippen LogP contribution is 2.29. The number of benzene rings is 2. The topological polar surface area (TPSA) is 114 Å². The zero-order chi connectivity index (χ0) is 19.4. The number of nitro benzene ring substituents is 1. The van der Waals surface area contributed by atoms with Crippen LogP contribution in [0.1, 0.15) is 0 Å². The lowest BCUT2D eigenvalue weighted by atomic mass is 10.2. The van der Waals surface area contributed by atoms with Gasteiger partial charge < -0.3 is 5.32 Å².